The number of hydrogen-bond donors (Lipinski definition) is 0. The summed E-state index contributed by atoms with van der Waals surface area (Å²) < 4.78 is 6.12. The Bertz CT molecular complexity index is 1800. The van der Waals surface area contributed by atoms with Gasteiger partial charge in [0.05, 0.1) is 22.2 Å². The first-order chi connectivity index (χ1) is 15.3. The Labute approximate surface area is 176 Å². The number of fused-ring (bicyclic) bond motifs is 7. The molecule has 7 aromatic rings. The van der Waals surface area contributed by atoms with Gasteiger partial charge < -0.3 is 4.42 Å². The van der Waals surface area contributed by atoms with Gasteiger partial charge in [-0.15, -0.1) is 0 Å². The van der Waals surface area contributed by atoms with Gasteiger partial charge in [0.15, 0.2) is 0 Å². The van der Waals surface area contributed by atoms with E-state index < -0.39 is 0 Å². The smallest absolute Gasteiger partial charge is 0.136 e. The van der Waals surface area contributed by atoms with Crippen LogP contribution in [-0.4, -0.2) is 15.0 Å². The number of nitrogens with zero attached hydrogens (tertiary/aromatic N) is 3. The van der Waals surface area contributed by atoms with Crippen LogP contribution in [0.25, 0.3) is 65.9 Å². The first kappa shape index (κ1) is 16.5. The van der Waals surface area contributed by atoms with E-state index in [0.29, 0.717) is 0 Å². The Morgan fingerprint density at radius 2 is 1.35 bits per heavy atom. The van der Waals surface area contributed by atoms with E-state index >= 15 is 0 Å². The lowest BCUT2D eigenvalue weighted by Crippen LogP contribution is -1.88. The Kier molecular flexibility index (Phi) is 3.24. The molecule has 0 N–H and O–H groups in total. The Balaban J connectivity index is 1.48. The van der Waals surface area contributed by atoms with Crippen LogP contribution >= 0.6 is 0 Å². The number of rotatable bonds is 1. The van der Waals surface area contributed by atoms with Gasteiger partial charge in [-0.25, -0.2) is 4.98 Å². The molecule has 0 aliphatic rings. The first-order valence-electron chi connectivity index (χ1n) is 10.2. The molecule has 4 heteroatoms. The highest BCUT2D eigenvalue weighted by atomic mass is 16.3. The zero-order valence-corrected chi connectivity index (χ0v) is 16.4. The number of aromatic nitrogens is 3. The zero-order valence-electron chi connectivity index (χ0n) is 16.4. The normalized spacial score (nSPS) is 11.9. The molecule has 0 amide bonds. The van der Waals surface area contributed by atoms with Crippen LogP contribution in [0.2, 0.25) is 0 Å². The molecule has 4 nitrogen and oxygen atoms in total. The monoisotopic (exact) mass is 397 g/mol. The molecule has 0 unspecified atom stereocenters. The van der Waals surface area contributed by atoms with E-state index in [-0.39, 0.29) is 0 Å². The van der Waals surface area contributed by atoms with Crippen LogP contribution in [0.3, 0.4) is 0 Å². The Morgan fingerprint density at radius 3 is 2.29 bits per heavy atom. The van der Waals surface area contributed by atoms with Crippen molar-refractivity contribution in [2.24, 2.45) is 0 Å². The fourth-order valence-electron chi connectivity index (χ4n) is 4.39. The number of pyridine rings is 3. The van der Waals surface area contributed by atoms with Crippen LogP contribution in [-0.2, 0) is 0 Å². The van der Waals surface area contributed by atoms with Gasteiger partial charge in [0.2, 0.25) is 0 Å². The predicted molar refractivity (Wildman–Crippen MR) is 125 cm³/mol. The van der Waals surface area contributed by atoms with Crippen molar-refractivity contribution in [2.75, 3.05) is 0 Å². The lowest BCUT2D eigenvalue weighted by atomic mass is 10.0. The third-order valence-corrected chi connectivity index (χ3v) is 5.92. The van der Waals surface area contributed by atoms with Gasteiger partial charge in [0.25, 0.3) is 0 Å². The summed E-state index contributed by atoms with van der Waals surface area (Å²) in [7, 11) is 0. The maximum atomic E-state index is 6.12. The van der Waals surface area contributed by atoms with Crippen LogP contribution < -0.4 is 0 Å². The first-order valence-corrected chi connectivity index (χ1v) is 10.2. The van der Waals surface area contributed by atoms with E-state index in [0.717, 1.165) is 65.9 Å². The second kappa shape index (κ2) is 6.09. The van der Waals surface area contributed by atoms with Gasteiger partial charge in [-0.1, -0.05) is 30.3 Å². The SMILES string of the molecule is c1cnc2cc3c(cc2c1)oc1ccc(-c2ccc4ccc5cccnc5c4n2)cc13. The molecular weight excluding hydrogens is 382 g/mol. The maximum absolute atomic E-state index is 6.12. The van der Waals surface area contributed by atoms with Gasteiger partial charge in [0, 0.05) is 44.9 Å². The minimum atomic E-state index is 0.863. The molecule has 3 aromatic carbocycles. The van der Waals surface area contributed by atoms with E-state index in [1.165, 1.54) is 0 Å². The molecular formula is C27H15N3O. The lowest BCUT2D eigenvalue weighted by molar-refractivity contribution is 0.669. The van der Waals surface area contributed by atoms with Crippen LogP contribution in [0.15, 0.2) is 95.7 Å². The molecule has 0 aliphatic heterocycles. The lowest BCUT2D eigenvalue weighted by Gasteiger charge is -2.06. The van der Waals surface area contributed by atoms with Crippen LogP contribution in [0.1, 0.15) is 0 Å². The standard InChI is InChI=1S/C27H15N3O/c1-3-16-5-6-17-7-9-22(30-27(17)26(16)29-12-1)19-8-10-24-20(13-19)21-15-23-18(4-2-11-28-23)14-25(21)31-24/h1-15H. The van der Waals surface area contributed by atoms with E-state index in [9.17, 15) is 0 Å². The van der Waals surface area contributed by atoms with Crippen molar-refractivity contribution in [2.45, 2.75) is 0 Å². The van der Waals surface area contributed by atoms with E-state index in [1.54, 1.807) is 0 Å². The largest absolute Gasteiger partial charge is 0.456 e. The molecule has 0 atom stereocenters. The fourth-order valence-corrected chi connectivity index (χ4v) is 4.39. The summed E-state index contributed by atoms with van der Waals surface area (Å²) in [5, 5.41) is 5.39. The highest BCUT2D eigenvalue weighted by molar-refractivity contribution is 6.10. The molecule has 0 aliphatic carbocycles. The molecule has 0 spiro atoms. The van der Waals surface area contributed by atoms with Crippen LogP contribution in [0.5, 0.6) is 0 Å². The minimum Gasteiger partial charge on any atom is -0.456 e. The van der Waals surface area contributed by atoms with Crippen molar-refractivity contribution in [1.29, 1.82) is 0 Å². The van der Waals surface area contributed by atoms with Crippen molar-refractivity contribution in [3.05, 3.63) is 91.3 Å². The molecule has 0 saturated carbocycles. The van der Waals surface area contributed by atoms with Crippen molar-refractivity contribution in [3.63, 3.8) is 0 Å². The van der Waals surface area contributed by atoms with Crippen molar-refractivity contribution >= 4 is 54.6 Å². The minimum absolute atomic E-state index is 0.863. The summed E-state index contributed by atoms with van der Waals surface area (Å²) in [6, 6.07) is 26.8. The molecule has 31 heavy (non-hydrogen) atoms. The van der Waals surface area contributed by atoms with Crippen molar-refractivity contribution in [1.82, 2.24) is 15.0 Å². The third-order valence-electron chi connectivity index (χ3n) is 5.92. The molecule has 0 saturated heterocycles. The fraction of sp³-hybridized carbons (Fsp3) is 0. The summed E-state index contributed by atoms with van der Waals surface area (Å²) >= 11 is 0. The third kappa shape index (κ3) is 2.45. The van der Waals surface area contributed by atoms with Crippen molar-refractivity contribution in [3.8, 4) is 11.3 Å². The molecule has 4 aromatic heterocycles. The topological polar surface area (TPSA) is 51.8 Å². The van der Waals surface area contributed by atoms with Gasteiger partial charge in [-0.05, 0) is 48.5 Å². The summed E-state index contributed by atoms with van der Waals surface area (Å²) in [5.74, 6) is 0. The Morgan fingerprint density at radius 1 is 0.581 bits per heavy atom. The van der Waals surface area contributed by atoms with Gasteiger partial charge in [-0.3, -0.25) is 9.97 Å². The molecule has 0 bridgehead atoms. The average Bonchev–Trinajstić information content (AvgIpc) is 3.18. The molecule has 0 radical (unpaired) electrons. The van der Waals surface area contributed by atoms with Crippen molar-refractivity contribution < 1.29 is 4.42 Å². The summed E-state index contributed by atoms with van der Waals surface area (Å²) in [6.07, 6.45) is 3.64. The summed E-state index contributed by atoms with van der Waals surface area (Å²) in [4.78, 5) is 14.1. The zero-order chi connectivity index (χ0) is 20.4. The highest BCUT2D eigenvalue weighted by Gasteiger charge is 2.12. The maximum Gasteiger partial charge on any atom is 0.136 e. The highest BCUT2D eigenvalue weighted by Crippen LogP contribution is 2.34. The van der Waals surface area contributed by atoms with Gasteiger partial charge in [-0.2, -0.15) is 0 Å². The molecule has 7 rings (SSSR count). The van der Waals surface area contributed by atoms with Gasteiger partial charge >= 0.3 is 0 Å². The van der Waals surface area contributed by atoms with Crippen LogP contribution in [0, 0.1) is 0 Å². The number of benzene rings is 3. The van der Waals surface area contributed by atoms with E-state index in [4.69, 9.17) is 9.40 Å². The number of furan rings is 1. The predicted octanol–water partition coefficient (Wildman–Crippen LogP) is 6.90. The second-order valence-corrected chi connectivity index (χ2v) is 7.77. The quantitative estimate of drug-likeness (QED) is 0.283. The Hall–Kier alpha value is -4.31. The second-order valence-electron chi connectivity index (χ2n) is 7.77. The van der Waals surface area contributed by atoms with E-state index in [2.05, 4.69) is 70.6 Å². The average molecular weight is 397 g/mol. The summed E-state index contributed by atoms with van der Waals surface area (Å²) in [5.41, 5.74) is 6.50. The molecule has 4 heterocycles. The van der Waals surface area contributed by atoms with Crippen LogP contribution in [0.4, 0.5) is 0 Å². The molecule has 144 valence electrons. The van der Waals surface area contributed by atoms with Gasteiger partial charge in [0.1, 0.15) is 11.2 Å². The number of hydrogen-bond acceptors (Lipinski definition) is 4. The van der Waals surface area contributed by atoms with E-state index in [1.807, 2.05) is 30.6 Å². The molecule has 0 fully saturated rings. The summed E-state index contributed by atoms with van der Waals surface area (Å²) in [6.45, 7) is 0.